The van der Waals surface area contributed by atoms with E-state index in [2.05, 4.69) is 54.1 Å². The molecule has 3 aromatic rings. The van der Waals surface area contributed by atoms with Crippen LogP contribution in [0.3, 0.4) is 0 Å². The topological polar surface area (TPSA) is 46.9 Å². The maximum Gasteiger partial charge on any atom is 0.251 e. The van der Waals surface area contributed by atoms with Crippen LogP contribution in [0, 0.1) is 19.8 Å². The summed E-state index contributed by atoms with van der Waals surface area (Å²) in [6.07, 6.45) is 4.13. The second-order valence-electron chi connectivity index (χ2n) is 8.41. The van der Waals surface area contributed by atoms with Gasteiger partial charge in [-0.05, 0) is 56.4 Å². The van der Waals surface area contributed by atoms with Gasteiger partial charge in [0.05, 0.1) is 11.0 Å². The minimum Gasteiger partial charge on any atom is -0.352 e. The molecule has 0 bridgehead atoms. The smallest absolute Gasteiger partial charge is 0.251 e. The molecule has 0 spiro atoms. The van der Waals surface area contributed by atoms with Gasteiger partial charge in [0.15, 0.2) is 0 Å². The van der Waals surface area contributed by atoms with Crippen LogP contribution in [0.1, 0.15) is 60.4 Å². The summed E-state index contributed by atoms with van der Waals surface area (Å²) in [5.74, 6) is 1.80. The van der Waals surface area contributed by atoms with E-state index in [0.717, 1.165) is 48.9 Å². The first kappa shape index (κ1) is 21.1. The van der Waals surface area contributed by atoms with Crippen molar-refractivity contribution in [1.82, 2.24) is 14.9 Å². The lowest BCUT2D eigenvalue weighted by molar-refractivity contribution is 0.0952. The number of hydrogen-bond acceptors (Lipinski definition) is 2. The van der Waals surface area contributed by atoms with E-state index in [0.29, 0.717) is 12.5 Å². The summed E-state index contributed by atoms with van der Waals surface area (Å²) in [4.78, 5) is 17.2. The molecular weight excluding hydrogens is 358 g/mol. The van der Waals surface area contributed by atoms with E-state index in [4.69, 9.17) is 4.98 Å². The van der Waals surface area contributed by atoms with Crippen LogP contribution in [0.4, 0.5) is 0 Å². The first-order chi connectivity index (χ1) is 14.0. The van der Waals surface area contributed by atoms with Crippen LogP contribution < -0.4 is 5.32 Å². The number of nitrogens with one attached hydrogen (secondary N) is 1. The van der Waals surface area contributed by atoms with Gasteiger partial charge in [-0.3, -0.25) is 4.79 Å². The van der Waals surface area contributed by atoms with Crippen LogP contribution in [0.25, 0.3) is 11.0 Å². The van der Waals surface area contributed by atoms with Gasteiger partial charge >= 0.3 is 0 Å². The number of aromatic nitrogens is 2. The Morgan fingerprint density at radius 1 is 1.07 bits per heavy atom. The molecule has 4 heteroatoms. The number of benzene rings is 2. The number of carbonyl (C=O) groups is 1. The van der Waals surface area contributed by atoms with Gasteiger partial charge in [-0.25, -0.2) is 4.98 Å². The monoisotopic (exact) mass is 391 g/mol. The molecule has 154 valence electrons. The third kappa shape index (κ3) is 5.47. The third-order valence-electron chi connectivity index (χ3n) is 5.27. The molecule has 1 N–H and O–H groups in total. The van der Waals surface area contributed by atoms with Crippen LogP contribution in [-0.4, -0.2) is 22.0 Å². The van der Waals surface area contributed by atoms with Crippen molar-refractivity contribution in [2.75, 3.05) is 6.54 Å². The number of carbonyl (C=O) groups excluding carboxylic acids is 1. The molecule has 1 aromatic heterocycles. The van der Waals surface area contributed by atoms with Crippen molar-refractivity contribution in [3.63, 3.8) is 0 Å². The molecule has 0 atom stereocenters. The minimum absolute atomic E-state index is 0.0289. The molecule has 0 radical (unpaired) electrons. The number of fused-ring (bicyclic) bond motifs is 1. The summed E-state index contributed by atoms with van der Waals surface area (Å²) in [5.41, 5.74) is 5.31. The standard InChI is InChI=1S/C25H33N3O/c1-18(2)17-28-23-11-8-7-10-22(23)27-24(28)12-6-5-9-15-26-25(29)21-14-13-19(3)16-20(21)4/h7-8,10-11,13-14,16,18H,5-6,9,12,15,17H2,1-4H3,(H,26,29). The third-order valence-corrected chi connectivity index (χ3v) is 5.27. The van der Waals surface area contributed by atoms with Gasteiger partial charge in [-0.1, -0.05) is 50.1 Å². The summed E-state index contributed by atoms with van der Waals surface area (Å²) < 4.78 is 2.38. The molecule has 1 amide bonds. The molecule has 0 unspecified atom stereocenters. The van der Waals surface area contributed by atoms with Gasteiger partial charge in [-0.2, -0.15) is 0 Å². The van der Waals surface area contributed by atoms with Crippen molar-refractivity contribution in [3.05, 3.63) is 65.0 Å². The fourth-order valence-corrected chi connectivity index (χ4v) is 3.84. The largest absolute Gasteiger partial charge is 0.352 e. The van der Waals surface area contributed by atoms with Crippen molar-refractivity contribution in [2.45, 2.75) is 59.9 Å². The Morgan fingerprint density at radius 3 is 2.62 bits per heavy atom. The van der Waals surface area contributed by atoms with Gasteiger partial charge < -0.3 is 9.88 Å². The molecule has 0 saturated heterocycles. The highest BCUT2D eigenvalue weighted by atomic mass is 16.1. The first-order valence-corrected chi connectivity index (χ1v) is 10.8. The van der Waals surface area contributed by atoms with E-state index in [1.165, 1.54) is 16.9 Å². The van der Waals surface area contributed by atoms with Gasteiger partial charge in [0.25, 0.3) is 5.91 Å². The van der Waals surface area contributed by atoms with Crippen molar-refractivity contribution in [3.8, 4) is 0 Å². The van der Waals surface area contributed by atoms with E-state index >= 15 is 0 Å². The van der Waals surface area contributed by atoms with Crippen molar-refractivity contribution in [2.24, 2.45) is 5.92 Å². The number of aryl methyl sites for hydroxylation is 3. The molecule has 0 aliphatic heterocycles. The summed E-state index contributed by atoms with van der Waals surface area (Å²) >= 11 is 0. The van der Waals surface area contributed by atoms with Crippen LogP contribution in [-0.2, 0) is 13.0 Å². The predicted molar refractivity (Wildman–Crippen MR) is 120 cm³/mol. The molecular formula is C25H33N3O. The molecule has 4 nitrogen and oxygen atoms in total. The van der Waals surface area contributed by atoms with E-state index in [9.17, 15) is 4.79 Å². The zero-order valence-electron chi connectivity index (χ0n) is 18.2. The molecule has 2 aromatic carbocycles. The Labute approximate surface area is 174 Å². The molecule has 0 fully saturated rings. The Hall–Kier alpha value is -2.62. The second-order valence-corrected chi connectivity index (χ2v) is 8.41. The second kappa shape index (κ2) is 9.73. The Kier molecular flexibility index (Phi) is 7.08. The number of para-hydroxylation sites is 2. The number of hydrogen-bond donors (Lipinski definition) is 1. The number of imidazole rings is 1. The molecule has 0 aliphatic carbocycles. The van der Waals surface area contributed by atoms with Gasteiger partial charge in [-0.15, -0.1) is 0 Å². The fourth-order valence-electron chi connectivity index (χ4n) is 3.84. The highest BCUT2D eigenvalue weighted by Gasteiger charge is 2.11. The number of rotatable bonds is 9. The van der Waals surface area contributed by atoms with Crippen LogP contribution in [0.5, 0.6) is 0 Å². The van der Waals surface area contributed by atoms with E-state index in [-0.39, 0.29) is 5.91 Å². The quantitative estimate of drug-likeness (QED) is 0.493. The van der Waals surface area contributed by atoms with Crippen molar-refractivity contribution >= 4 is 16.9 Å². The maximum atomic E-state index is 12.4. The average molecular weight is 392 g/mol. The number of nitrogens with zero attached hydrogens (tertiary/aromatic N) is 2. The van der Waals surface area contributed by atoms with Crippen molar-refractivity contribution in [1.29, 1.82) is 0 Å². The molecule has 1 heterocycles. The summed E-state index contributed by atoms with van der Waals surface area (Å²) in [6, 6.07) is 14.4. The zero-order valence-corrected chi connectivity index (χ0v) is 18.2. The van der Waals surface area contributed by atoms with E-state index in [1.807, 2.05) is 26.0 Å². The van der Waals surface area contributed by atoms with Crippen LogP contribution in [0.2, 0.25) is 0 Å². The van der Waals surface area contributed by atoms with Crippen molar-refractivity contribution < 1.29 is 4.79 Å². The zero-order chi connectivity index (χ0) is 20.8. The Morgan fingerprint density at radius 2 is 1.86 bits per heavy atom. The van der Waals surface area contributed by atoms with Gasteiger partial charge in [0.2, 0.25) is 0 Å². The highest BCUT2D eigenvalue weighted by molar-refractivity contribution is 5.95. The van der Waals surface area contributed by atoms with E-state index < -0.39 is 0 Å². The van der Waals surface area contributed by atoms with Gasteiger partial charge in [0.1, 0.15) is 5.82 Å². The summed E-state index contributed by atoms with van der Waals surface area (Å²) in [7, 11) is 0. The lowest BCUT2D eigenvalue weighted by Gasteiger charge is -2.12. The molecule has 3 rings (SSSR count). The molecule has 0 aliphatic rings. The lowest BCUT2D eigenvalue weighted by atomic mass is 10.1. The summed E-state index contributed by atoms with van der Waals surface area (Å²) in [5, 5.41) is 3.06. The number of amides is 1. The normalized spacial score (nSPS) is 11.3. The lowest BCUT2D eigenvalue weighted by Crippen LogP contribution is -2.25. The average Bonchev–Trinajstić information content (AvgIpc) is 3.01. The number of unbranched alkanes of at least 4 members (excludes halogenated alkanes) is 2. The highest BCUT2D eigenvalue weighted by Crippen LogP contribution is 2.19. The first-order valence-electron chi connectivity index (χ1n) is 10.8. The minimum atomic E-state index is 0.0289. The van der Waals surface area contributed by atoms with Crippen LogP contribution in [0.15, 0.2) is 42.5 Å². The predicted octanol–water partition coefficient (Wildman–Crippen LogP) is 5.45. The summed E-state index contributed by atoms with van der Waals surface area (Å²) in [6.45, 7) is 10.2. The molecule has 0 saturated carbocycles. The maximum absolute atomic E-state index is 12.4. The Balaban J connectivity index is 1.48. The Bertz CT molecular complexity index is 971. The SMILES string of the molecule is Cc1ccc(C(=O)NCCCCCc2nc3ccccc3n2CC(C)C)c(C)c1. The molecule has 29 heavy (non-hydrogen) atoms. The fraction of sp³-hybridized carbons (Fsp3) is 0.440. The van der Waals surface area contributed by atoms with Gasteiger partial charge in [0, 0.05) is 25.1 Å². The van der Waals surface area contributed by atoms with Crippen LogP contribution >= 0.6 is 0 Å². The van der Waals surface area contributed by atoms with E-state index in [1.54, 1.807) is 0 Å².